The highest BCUT2D eigenvalue weighted by atomic mass is 16.2. The third-order valence-electron chi connectivity index (χ3n) is 5.04. The van der Waals surface area contributed by atoms with Crippen LogP contribution in [0.5, 0.6) is 0 Å². The van der Waals surface area contributed by atoms with Crippen molar-refractivity contribution in [3.05, 3.63) is 0 Å². The van der Waals surface area contributed by atoms with Gasteiger partial charge in [-0.3, -0.25) is 4.79 Å². The third-order valence-corrected chi connectivity index (χ3v) is 5.04. The molecule has 104 valence electrons. The van der Waals surface area contributed by atoms with Gasteiger partial charge < -0.3 is 10.6 Å². The van der Waals surface area contributed by atoms with E-state index in [9.17, 15) is 4.79 Å². The summed E-state index contributed by atoms with van der Waals surface area (Å²) in [5, 5.41) is 0. The lowest BCUT2D eigenvalue weighted by molar-refractivity contribution is -0.139. The van der Waals surface area contributed by atoms with Gasteiger partial charge in [0.2, 0.25) is 5.91 Å². The molecule has 1 heterocycles. The first-order chi connectivity index (χ1) is 8.41. The van der Waals surface area contributed by atoms with Gasteiger partial charge in [-0.2, -0.15) is 0 Å². The molecule has 0 aromatic rings. The van der Waals surface area contributed by atoms with E-state index in [1.165, 1.54) is 6.42 Å². The van der Waals surface area contributed by atoms with Crippen LogP contribution in [0.1, 0.15) is 52.9 Å². The van der Waals surface area contributed by atoms with Crippen LogP contribution in [0.15, 0.2) is 0 Å². The topological polar surface area (TPSA) is 46.3 Å². The number of hydrogen-bond acceptors (Lipinski definition) is 2. The van der Waals surface area contributed by atoms with Crippen molar-refractivity contribution in [1.29, 1.82) is 0 Å². The van der Waals surface area contributed by atoms with Gasteiger partial charge in [-0.1, -0.05) is 27.2 Å². The Balaban J connectivity index is 1.95. The van der Waals surface area contributed by atoms with Gasteiger partial charge in [0.1, 0.15) is 0 Å². The summed E-state index contributed by atoms with van der Waals surface area (Å²) in [6.45, 7) is 8.61. The summed E-state index contributed by atoms with van der Waals surface area (Å²) in [6, 6.07) is 0.0705. The molecule has 0 bridgehead atoms. The largest absolute Gasteiger partial charge is 0.342 e. The molecule has 1 saturated carbocycles. The second-order valence-corrected chi connectivity index (χ2v) is 7.08. The molecule has 0 spiro atoms. The second-order valence-electron chi connectivity index (χ2n) is 7.08. The van der Waals surface area contributed by atoms with Crippen molar-refractivity contribution in [3.8, 4) is 0 Å². The van der Waals surface area contributed by atoms with E-state index >= 15 is 0 Å². The first-order valence-electron chi connectivity index (χ1n) is 7.45. The molecule has 1 amide bonds. The van der Waals surface area contributed by atoms with Gasteiger partial charge in [0.25, 0.3) is 0 Å². The fourth-order valence-electron chi connectivity index (χ4n) is 3.30. The summed E-state index contributed by atoms with van der Waals surface area (Å²) < 4.78 is 0. The van der Waals surface area contributed by atoms with Gasteiger partial charge >= 0.3 is 0 Å². The molecule has 1 aliphatic heterocycles. The molecule has 2 N–H and O–H groups in total. The fourth-order valence-corrected chi connectivity index (χ4v) is 3.30. The molecule has 0 radical (unpaired) electrons. The lowest BCUT2D eigenvalue weighted by atomic mass is 9.76. The molecule has 0 aromatic carbocycles. The number of piperidine rings is 1. The predicted molar refractivity (Wildman–Crippen MR) is 74.1 cm³/mol. The Morgan fingerprint density at radius 2 is 1.83 bits per heavy atom. The van der Waals surface area contributed by atoms with Gasteiger partial charge in [0, 0.05) is 19.1 Å². The minimum absolute atomic E-state index is 0.0705. The van der Waals surface area contributed by atoms with Gasteiger partial charge in [0.05, 0.1) is 5.92 Å². The van der Waals surface area contributed by atoms with Crippen LogP contribution in [0.25, 0.3) is 0 Å². The van der Waals surface area contributed by atoms with E-state index in [4.69, 9.17) is 5.73 Å². The van der Waals surface area contributed by atoms with Gasteiger partial charge in [-0.05, 0) is 37.0 Å². The summed E-state index contributed by atoms with van der Waals surface area (Å²) in [5.41, 5.74) is 6.64. The monoisotopic (exact) mass is 252 g/mol. The molecular weight excluding hydrogens is 224 g/mol. The Morgan fingerprint density at radius 3 is 2.44 bits per heavy atom. The third kappa shape index (κ3) is 2.87. The van der Waals surface area contributed by atoms with Crippen molar-refractivity contribution < 1.29 is 4.79 Å². The standard InChI is InChI=1S/C15H28N2O/c1-11-5-4-6-12(13(11)16)14(18)17-9-7-15(2,3)8-10-17/h11-13H,4-10,16H2,1-3H3. The van der Waals surface area contributed by atoms with E-state index in [0.717, 1.165) is 38.8 Å². The van der Waals surface area contributed by atoms with Gasteiger partial charge in [0.15, 0.2) is 0 Å². The highest BCUT2D eigenvalue weighted by molar-refractivity contribution is 5.79. The quantitative estimate of drug-likeness (QED) is 0.779. The molecule has 2 aliphatic rings. The Kier molecular flexibility index (Phi) is 4.00. The Morgan fingerprint density at radius 1 is 1.22 bits per heavy atom. The molecular formula is C15H28N2O. The number of nitrogens with two attached hydrogens (primary N) is 1. The summed E-state index contributed by atoms with van der Waals surface area (Å²) in [4.78, 5) is 14.6. The number of likely N-dealkylation sites (tertiary alicyclic amines) is 1. The summed E-state index contributed by atoms with van der Waals surface area (Å²) in [7, 11) is 0. The maximum Gasteiger partial charge on any atom is 0.227 e. The molecule has 18 heavy (non-hydrogen) atoms. The average Bonchev–Trinajstić information content (AvgIpc) is 2.32. The molecule has 3 atom stereocenters. The highest BCUT2D eigenvalue weighted by Gasteiger charge is 2.37. The van der Waals surface area contributed by atoms with E-state index < -0.39 is 0 Å². The number of amides is 1. The zero-order valence-corrected chi connectivity index (χ0v) is 12.1. The van der Waals surface area contributed by atoms with Crippen LogP contribution < -0.4 is 5.73 Å². The van der Waals surface area contributed by atoms with E-state index in [-0.39, 0.29) is 12.0 Å². The molecule has 0 aromatic heterocycles. The highest BCUT2D eigenvalue weighted by Crippen LogP contribution is 2.33. The molecule has 2 fully saturated rings. The van der Waals surface area contributed by atoms with Gasteiger partial charge in [-0.25, -0.2) is 0 Å². The molecule has 3 heteroatoms. The van der Waals surface area contributed by atoms with Gasteiger partial charge in [-0.15, -0.1) is 0 Å². The Labute approximate surface area is 111 Å². The van der Waals surface area contributed by atoms with Crippen LogP contribution in [0.4, 0.5) is 0 Å². The van der Waals surface area contributed by atoms with Crippen molar-refractivity contribution in [2.75, 3.05) is 13.1 Å². The normalized spacial score (nSPS) is 36.4. The van der Waals surface area contributed by atoms with Crippen LogP contribution in [0.3, 0.4) is 0 Å². The van der Waals surface area contributed by atoms with Crippen LogP contribution in [0.2, 0.25) is 0 Å². The minimum Gasteiger partial charge on any atom is -0.342 e. The van der Waals surface area contributed by atoms with Crippen molar-refractivity contribution in [2.24, 2.45) is 23.0 Å². The number of hydrogen-bond donors (Lipinski definition) is 1. The molecule has 1 aliphatic carbocycles. The molecule has 3 unspecified atom stereocenters. The second kappa shape index (κ2) is 5.20. The van der Waals surface area contributed by atoms with Crippen molar-refractivity contribution in [3.63, 3.8) is 0 Å². The van der Waals surface area contributed by atoms with E-state index in [1.807, 2.05) is 0 Å². The maximum atomic E-state index is 12.6. The van der Waals surface area contributed by atoms with Crippen LogP contribution >= 0.6 is 0 Å². The lowest BCUT2D eigenvalue weighted by Gasteiger charge is -2.41. The van der Waals surface area contributed by atoms with Crippen LogP contribution in [-0.2, 0) is 4.79 Å². The number of carbonyl (C=O) groups excluding carboxylic acids is 1. The zero-order valence-electron chi connectivity index (χ0n) is 12.1. The fraction of sp³-hybridized carbons (Fsp3) is 0.933. The Bertz CT molecular complexity index is 304. The predicted octanol–water partition coefficient (Wildman–Crippen LogP) is 2.40. The minimum atomic E-state index is 0.0705. The smallest absolute Gasteiger partial charge is 0.227 e. The van der Waals surface area contributed by atoms with Crippen LogP contribution in [0, 0.1) is 17.3 Å². The molecule has 1 saturated heterocycles. The molecule has 3 nitrogen and oxygen atoms in total. The van der Waals surface area contributed by atoms with Crippen molar-refractivity contribution in [1.82, 2.24) is 4.90 Å². The number of carbonyl (C=O) groups is 1. The number of nitrogens with zero attached hydrogens (tertiary/aromatic N) is 1. The lowest BCUT2D eigenvalue weighted by Crippen LogP contribution is -2.51. The average molecular weight is 252 g/mol. The maximum absolute atomic E-state index is 12.6. The van der Waals surface area contributed by atoms with Crippen LogP contribution in [-0.4, -0.2) is 29.9 Å². The van der Waals surface area contributed by atoms with Crippen molar-refractivity contribution >= 4 is 5.91 Å². The number of rotatable bonds is 1. The first-order valence-corrected chi connectivity index (χ1v) is 7.45. The summed E-state index contributed by atoms with van der Waals surface area (Å²) in [6.07, 6.45) is 5.57. The van der Waals surface area contributed by atoms with Crippen molar-refractivity contribution in [2.45, 2.75) is 58.9 Å². The summed E-state index contributed by atoms with van der Waals surface area (Å²) in [5.74, 6) is 0.897. The first kappa shape index (κ1) is 13.9. The van der Waals surface area contributed by atoms with E-state index in [2.05, 4.69) is 25.7 Å². The van der Waals surface area contributed by atoms with E-state index in [0.29, 0.717) is 17.2 Å². The Hall–Kier alpha value is -0.570. The SMILES string of the molecule is CC1CCCC(C(=O)N2CCC(C)(C)CC2)C1N. The zero-order chi connectivity index (χ0) is 13.3. The molecule has 2 rings (SSSR count). The van der Waals surface area contributed by atoms with E-state index in [1.54, 1.807) is 0 Å². The summed E-state index contributed by atoms with van der Waals surface area (Å²) >= 11 is 0.